The van der Waals surface area contributed by atoms with Crippen LogP contribution >= 0.6 is 0 Å². The van der Waals surface area contributed by atoms with Crippen LogP contribution in [0.4, 0.5) is 17.2 Å². The first-order chi connectivity index (χ1) is 14.0. The van der Waals surface area contributed by atoms with E-state index < -0.39 is 0 Å². The van der Waals surface area contributed by atoms with Gasteiger partial charge in [0.15, 0.2) is 5.82 Å². The topological polar surface area (TPSA) is 69.6 Å². The molecule has 1 aliphatic heterocycles. The van der Waals surface area contributed by atoms with Crippen molar-refractivity contribution in [2.24, 2.45) is 0 Å². The van der Waals surface area contributed by atoms with Crippen LogP contribution in [0.1, 0.15) is 24.2 Å². The Labute approximate surface area is 171 Å². The van der Waals surface area contributed by atoms with E-state index in [4.69, 9.17) is 0 Å². The zero-order valence-corrected chi connectivity index (χ0v) is 16.8. The first-order valence-corrected chi connectivity index (χ1v) is 9.49. The van der Waals surface area contributed by atoms with Gasteiger partial charge in [0.05, 0.1) is 17.9 Å². The molecule has 1 aromatic heterocycles. The van der Waals surface area contributed by atoms with Crippen molar-refractivity contribution in [2.75, 3.05) is 29.4 Å². The predicted molar refractivity (Wildman–Crippen MR) is 114 cm³/mol. The van der Waals surface area contributed by atoms with E-state index in [1.54, 1.807) is 17.1 Å². The molecular formula is C22H25N5O2. The second-order valence-corrected chi connectivity index (χ2v) is 7.02. The van der Waals surface area contributed by atoms with Crippen LogP contribution in [0.2, 0.25) is 0 Å². The van der Waals surface area contributed by atoms with Crippen molar-refractivity contribution >= 4 is 29.0 Å². The van der Waals surface area contributed by atoms with Crippen LogP contribution in [0.15, 0.2) is 62.1 Å². The van der Waals surface area contributed by atoms with Gasteiger partial charge in [-0.15, -0.1) is 13.2 Å². The summed E-state index contributed by atoms with van der Waals surface area (Å²) in [7, 11) is 0. The summed E-state index contributed by atoms with van der Waals surface area (Å²) in [6.07, 6.45) is 6.31. The highest BCUT2D eigenvalue weighted by Crippen LogP contribution is 2.40. The number of carbonyl (C=O) groups is 2. The van der Waals surface area contributed by atoms with Crippen LogP contribution < -0.4 is 9.80 Å². The average molecular weight is 391 g/mol. The van der Waals surface area contributed by atoms with E-state index in [0.717, 1.165) is 0 Å². The summed E-state index contributed by atoms with van der Waals surface area (Å²) in [4.78, 5) is 40.2. The van der Waals surface area contributed by atoms with Gasteiger partial charge >= 0.3 is 0 Å². The minimum atomic E-state index is -0.229. The van der Waals surface area contributed by atoms with Crippen LogP contribution in [0.5, 0.6) is 0 Å². The summed E-state index contributed by atoms with van der Waals surface area (Å²) >= 11 is 0. The molecule has 1 aromatic carbocycles. The number of aromatic nitrogens is 2. The van der Waals surface area contributed by atoms with Crippen molar-refractivity contribution in [2.45, 2.75) is 19.9 Å². The molecule has 0 fully saturated rings. The number of fused-ring (bicyclic) bond motifs is 2. The molecule has 0 bridgehead atoms. The predicted octanol–water partition coefficient (Wildman–Crippen LogP) is 3.18. The molecule has 0 radical (unpaired) electrons. The minimum Gasteiger partial charge on any atom is -0.304 e. The molecule has 2 aromatic rings. The summed E-state index contributed by atoms with van der Waals surface area (Å²) < 4.78 is 0. The van der Waals surface area contributed by atoms with E-state index >= 15 is 0 Å². The lowest BCUT2D eigenvalue weighted by molar-refractivity contribution is -0.118. The maximum Gasteiger partial charge on any atom is 0.263 e. The third-order valence-electron chi connectivity index (χ3n) is 4.63. The Morgan fingerprint density at radius 3 is 2.45 bits per heavy atom. The number of hydrogen-bond donors (Lipinski definition) is 0. The molecule has 1 aliphatic rings. The highest BCUT2D eigenvalue weighted by atomic mass is 16.2. The summed E-state index contributed by atoms with van der Waals surface area (Å²) in [6, 6.07) is 7.27. The molecule has 150 valence electrons. The zero-order chi connectivity index (χ0) is 21.0. The number of carbonyl (C=O) groups excluding carboxylic acids is 2. The van der Waals surface area contributed by atoms with E-state index in [9.17, 15) is 9.59 Å². The fourth-order valence-electron chi connectivity index (χ4n) is 3.46. The third kappa shape index (κ3) is 3.95. The first-order valence-electron chi connectivity index (χ1n) is 9.49. The van der Waals surface area contributed by atoms with Crippen molar-refractivity contribution in [1.82, 2.24) is 14.9 Å². The molecule has 7 nitrogen and oxygen atoms in total. The van der Waals surface area contributed by atoms with E-state index in [2.05, 4.69) is 23.1 Å². The molecule has 0 unspecified atom stereocenters. The average Bonchev–Trinajstić information content (AvgIpc) is 2.80. The van der Waals surface area contributed by atoms with E-state index in [1.165, 1.54) is 17.4 Å². The van der Waals surface area contributed by atoms with Gasteiger partial charge in [-0.3, -0.25) is 19.4 Å². The molecule has 0 aliphatic carbocycles. The Morgan fingerprint density at radius 2 is 1.83 bits per heavy atom. The lowest BCUT2D eigenvalue weighted by Crippen LogP contribution is -2.39. The Balaban J connectivity index is 2.15. The number of nitrogens with zero attached hydrogens (tertiary/aromatic N) is 5. The van der Waals surface area contributed by atoms with Crippen LogP contribution in [-0.4, -0.2) is 52.4 Å². The van der Waals surface area contributed by atoms with Crippen molar-refractivity contribution in [1.29, 1.82) is 0 Å². The fraction of sp³-hybridized carbons (Fsp3) is 0.273. The summed E-state index contributed by atoms with van der Waals surface area (Å²) in [5.74, 6) is -0.130. The van der Waals surface area contributed by atoms with Gasteiger partial charge in [-0.05, 0) is 26.0 Å². The van der Waals surface area contributed by atoms with Crippen LogP contribution in [-0.2, 0) is 4.79 Å². The van der Waals surface area contributed by atoms with Gasteiger partial charge in [0.2, 0.25) is 5.91 Å². The van der Waals surface area contributed by atoms with Gasteiger partial charge in [-0.2, -0.15) is 0 Å². The quantitative estimate of drug-likeness (QED) is 0.678. The highest BCUT2D eigenvalue weighted by molar-refractivity contribution is 6.18. The fourth-order valence-corrected chi connectivity index (χ4v) is 3.46. The number of hydrogen-bond acceptors (Lipinski definition) is 5. The van der Waals surface area contributed by atoms with Crippen molar-refractivity contribution < 1.29 is 9.59 Å². The number of amides is 2. The molecule has 0 N–H and O–H groups in total. The van der Waals surface area contributed by atoms with E-state index in [-0.39, 0.29) is 24.4 Å². The van der Waals surface area contributed by atoms with Gasteiger partial charge in [-0.25, -0.2) is 9.97 Å². The molecule has 2 heterocycles. The van der Waals surface area contributed by atoms with Crippen molar-refractivity contribution in [3.63, 3.8) is 0 Å². The summed E-state index contributed by atoms with van der Waals surface area (Å²) in [5.41, 5.74) is 1.58. The van der Waals surface area contributed by atoms with Gasteiger partial charge in [0.1, 0.15) is 11.9 Å². The lowest BCUT2D eigenvalue weighted by atomic mass is 10.2. The lowest BCUT2D eigenvalue weighted by Gasteiger charge is -2.29. The number of para-hydroxylation sites is 2. The zero-order valence-electron chi connectivity index (χ0n) is 16.8. The van der Waals surface area contributed by atoms with Crippen LogP contribution in [0.3, 0.4) is 0 Å². The third-order valence-corrected chi connectivity index (χ3v) is 4.63. The molecule has 29 heavy (non-hydrogen) atoms. The molecule has 7 heteroatoms. The van der Waals surface area contributed by atoms with E-state index in [0.29, 0.717) is 35.8 Å². The molecule has 3 rings (SSSR count). The van der Waals surface area contributed by atoms with Gasteiger partial charge in [0, 0.05) is 25.3 Å². The SMILES string of the molecule is C=CCN(CC=C)CC(=O)N1c2ccccc2N(C(C)C)C(=O)c2cncnc21. The molecular weight excluding hydrogens is 366 g/mol. The summed E-state index contributed by atoms with van der Waals surface area (Å²) in [5, 5.41) is 0. The minimum absolute atomic E-state index is 0.107. The Hall–Kier alpha value is -3.32. The Morgan fingerprint density at radius 1 is 1.17 bits per heavy atom. The van der Waals surface area contributed by atoms with Crippen molar-refractivity contribution in [3.8, 4) is 0 Å². The molecule has 2 amide bonds. The van der Waals surface area contributed by atoms with Gasteiger partial charge in [0.25, 0.3) is 5.91 Å². The highest BCUT2D eigenvalue weighted by Gasteiger charge is 2.36. The van der Waals surface area contributed by atoms with Gasteiger partial charge in [-0.1, -0.05) is 24.3 Å². The largest absolute Gasteiger partial charge is 0.304 e. The number of rotatable bonds is 7. The second-order valence-electron chi connectivity index (χ2n) is 7.02. The second kappa shape index (κ2) is 8.79. The normalized spacial score (nSPS) is 13.2. The molecule has 0 spiro atoms. The molecule has 0 saturated carbocycles. The van der Waals surface area contributed by atoms with Crippen molar-refractivity contribution in [3.05, 3.63) is 67.7 Å². The number of benzene rings is 1. The monoisotopic (exact) mass is 391 g/mol. The van der Waals surface area contributed by atoms with Crippen LogP contribution in [0.25, 0.3) is 0 Å². The summed E-state index contributed by atoms with van der Waals surface area (Å²) in [6.45, 7) is 12.6. The smallest absolute Gasteiger partial charge is 0.263 e. The van der Waals surface area contributed by atoms with E-state index in [1.807, 2.05) is 43.0 Å². The number of anilines is 3. The van der Waals surface area contributed by atoms with Gasteiger partial charge < -0.3 is 4.90 Å². The Kier molecular flexibility index (Phi) is 6.19. The maximum atomic E-state index is 13.4. The molecule has 0 atom stereocenters. The molecule has 0 saturated heterocycles. The Bertz CT molecular complexity index is 930. The first kappa shape index (κ1) is 20.4. The maximum absolute atomic E-state index is 13.4. The standard InChI is InChI=1S/C22H25N5O2/c1-5-11-25(12-6-2)14-20(28)27-19-10-8-7-9-18(19)26(16(3)4)22(29)17-13-23-15-24-21(17)27/h5-10,13,15-16H,1-2,11-12,14H2,3-4H3. The van der Waals surface area contributed by atoms with Crippen LogP contribution in [0, 0.1) is 0 Å².